The number of aryl methyl sites for hydroxylation is 1. The van der Waals surface area contributed by atoms with Crippen LogP contribution in [-0.4, -0.2) is 52.7 Å². The summed E-state index contributed by atoms with van der Waals surface area (Å²) in [6.07, 6.45) is 5.97. The van der Waals surface area contributed by atoms with Crippen LogP contribution in [0.2, 0.25) is 0 Å². The van der Waals surface area contributed by atoms with Crippen molar-refractivity contribution in [1.29, 1.82) is 0 Å². The van der Waals surface area contributed by atoms with Gasteiger partial charge < -0.3 is 10.6 Å². The molecule has 2 N–H and O–H groups in total. The molecule has 0 aliphatic carbocycles. The summed E-state index contributed by atoms with van der Waals surface area (Å²) in [5, 5.41) is 15.0. The Labute approximate surface area is 129 Å². The van der Waals surface area contributed by atoms with Gasteiger partial charge in [-0.1, -0.05) is 6.07 Å². The lowest BCUT2D eigenvalue weighted by Gasteiger charge is -2.10. The zero-order chi connectivity index (χ0) is 14.9. The highest BCUT2D eigenvalue weighted by Crippen LogP contribution is 2.04. The number of fused-ring (bicyclic) bond motifs is 1. The molecule has 0 aromatic carbocycles. The molecule has 0 atom stereocenters. The fourth-order valence-corrected chi connectivity index (χ4v) is 2.31. The van der Waals surface area contributed by atoms with Crippen molar-refractivity contribution in [3.63, 3.8) is 0 Å². The summed E-state index contributed by atoms with van der Waals surface area (Å²) in [4.78, 5) is 4.20. The van der Waals surface area contributed by atoms with Crippen molar-refractivity contribution >= 4 is 23.4 Å². The van der Waals surface area contributed by atoms with Crippen LogP contribution in [0.3, 0.4) is 0 Å². The number of pyridine rings is 1. The highest BCUT2D eigenvalue weighted by Gasteiger charge is 2.04. The Bertz CT molecular complexity index is 580. The van der Waals surface area contributed by atoms with Crippen molar-refractivity contribution in [3.05, 3.63) is 30.2 Å². The largest absolute Gasteiger partial charge is 0.356 e. The zero-order valence-corrected chi connectivity index (χ0v) is 13.4. The molecule has 0 radical (unpaired) electrons. The fraction of sp³-hybridized carbons (Fsp3) is 0.500. The number of rotatable bonds is 7. The van der Waals surface area contributed by atoms with Crippen LogP contribution in [0.15, 0.2) is 29.4 Å². The van der Waals surface area contributed by atoms with Crippen molar-refractivity contribution in [2.24, 2.45) is 4.99 Å². The number of hydrogen-bond acceptors (Lipinski definition) is 4. The summed E-state index contributed by atoms with van der Waals surface area (Å²) in [5.41, 5.74) is 0.898. The second-order valence-electron chi connectivity index (χ2n) is 4.57. The molecule has 6 nitrogen and oxygen atoms in total. The lowest BCUT2D eigenvalue weighted by atomic mass is 10.3. The van der Waals surface area contributed by atoms with E-state index in [2.05, 4.69) is 32.1 Å². The molecule has 114 valence electrons. The molecule has 0 aliphatic heterocycles. The highest BCUT2D eigenvalue weighted by molar-refractivity contribution is 7.98. The monoisotopic (exact) mass is 306 g/mol. The maximum Gasteiger partial charge on any atom is 0.191 e. The van der Waals surface area contributed by atoms with Crippen molar-refractivity contribution in [3.8, 4) is 0 Å². The first-order valence-electron chi connectivity index (χ1n) is 7.07. The summed E-state index contributed by atoms with van der Waals surface area (Å²) in [6.45, 7) is 1.79. The van der Waals surface area contributed by atoms with E-state index < -0.39 is 0 Å². The van der Waals surface area contributed by atoms with E-state index in [1.807, 2.05) is 40.6 Å². The van der Waals surface area contributed by atoms with Gasteiger partial charge in [-0.15, -0.1) is 10.2 Å². The Morgan fingerprint density at radius 1 is 1.29 bits per heavy atom. The number of nitrogens with one attached hydrogen (secondary N) is 2. The first-order valence-corrected chi connectivity index (χ1v) is 8.46. The smallest absolute Gasteiger partial charge is 0.191 e. The van der Waals surface area contributed by atoms with E-state index in [0.717, 1.165) is 49.1 Å². The second kappa shape index (κ2) is 8.51. The zero-order valence-electron chi connectivity index (χ0n) is 12.5. The van der Waals surface area contributed by atoms with Gasteiger partial charge in [0.2, 0.25) is 0 Å². The van der Waals surface area contributed by atoms with E-state index in [9.17, 15) is 0 Å². The lowest BCUT2D eigenvalue weighted by molar-refractivity contribution is 0.718. The third kappa shape index (κ3) is 4.63. The van der Waals surface area contributed by atoms with Gasteiger partial charge in [0.25, 0.3) is 0 Å². The van der Waals surface area contributed by atoms with Gasteiger partial charge in [0.1, 0.15) is 5.82 Å². The van der Waals surface area contributed by atoms with Gasteiger partial charge in [-0.3, -0.25) is 9.39 Å². The molecular formula is C14H22N6S. The van der Waals surface area contributed by atoms with Crippen molar-refractivity contribution in [2.45, 2.75) is 12.8 Å². The quantitative estimate of drug-likeness (QED) is 0.457. The van der Waals surface area contributed by atoms with Crippen LogP contribution in [0.1, 0.15) is 12.2 Å². The molecule has 0 amide bonds. The number of nitrogens with zero attached hydrogens (tertiary/aromatic N) is 4. The molecular weight excluding hydrogens is 284 g/mol. The maximum absolute atomic E-state index is 4.23. The lowest BCUT2D eigenvalue weighted by Crippen LogP contribution is -2.38. The minimum absolute atomic E-state index is 0.857. The van der Waals surface area contributed by atoms with E-state index in [1.54, 1.807) is 7.05 Å². The predicted molar refractivity (Wildman–Crippen MR) is 89.1 cm³/mol. The number of guanidine groups is 1. The van der Waals surface area contributed by atoms with E-state index >= 15 is 0 Å². The molecule has 21 heavy (non-hydrogen) atoms. The van der Waals surface area contributed by atoms with Gasteiger partial charge in [-0.05, 0) is 24.8 Å². The van der Waals surface area contributed by atoms with E-state index in [1.165, 1.54) is 0 Å². The molecule has 2 rings (SSSR count). The Kier molecular flexibility index (Phi) is 6.33. The van der Waals surface area contributed by atoms with Crippen LogP contribution in [0.25, 0.3) is 5.65 Å². The third-order valence-electron chi connectivity index (χ3n) is 3.08. The van der Waals surface area contributed by atoms with Crippen LogP contribution >= 0.6 is 11.8 Å². The highest BCUT2D eigenvalue weighted by atomic mass is 32.2. The van der Waals surface area contributed by atoms with Gasteiger partial charge in [0.15, 0.2) is 11.6 Å². The van der Waals surface area contributed by atoms with Crippen LogP contribution < -0.4 is 10.6 Å². The average molecular weight is 306 g/mol. The van der Waals surface area contributed by atoms with Gasteiger partial charge >= 0.3 is 0 Å². The summed E-state index contributed by atoms with van der Waals surface area (Å²) in [7, 11) is 1.79. The molecule has 7 heteroatoms. The Balaban J connectivity index is 1.74. The van der Waals surface area contributed by atoms with Crippen molar-refractivity contribution in [1.82, 2.24) is 25.2 Å². The molecule has 2 aromatic rings. The topological polar surface area (TPSA) is 66.6 Å². The summed E-state index contributed by atoms with van der Waals surface area (Å²) in [5.74, 6) is 2.93. The molecule has 0 saturated carbocycles. The maximum atomic E-state index is 4.23. The van der Waals surface area contributed by atoms with Gasteiger partial charge in [-0.25, -0.2) is 0 Å². The van der Waals surface area contributed by atoms with Crippen LogP contribution in [0.5, 0.6) is 0 Å². The summed E-state index contributed by atoms with van der Waals surface area (Å²) in [6, 6.07) is 5.93. The standard InChI is InChI=1S/C14H22N6S/c1-15-14(17-9-11-21-2)16-8-5-7-13-19-18-12-6-3-4-10-20(12)13/h3-4,6,10H,5,7-9,11H2,1-2H3,(H2,15,16,17). The van der Waals surface area contributed by atoms with Crippen LogP contribution in [0, 0.1) is 0 Å². The minimum atomic E-state index is 0.857. The molecule has 2 heterocycles. The molecule has 0 fully saturated rings. The molecule has 2 aromatic heterocycles. The van der Waals surface area contributed by atoms with E-state index in [-0.39, 0.29) is 0 Å². The van der Waals surface area contributed by atoms with E-state index in [0.29, 0.717) is 0 Å². The predicted octanol–water partition coefficient (Wildman–Crippen LogP) is 1.19. The third-order valence-corrected chi connectivity index (χ3v) is 3.69. The molecule has 0 spiro atoms. The number of aromatic nitrogens is 3. The Hall–Kier alpha value is -1.76. The molecule has 0 saturated heterocycles. The first kappa shape index (κ1) is 15.6. The van der Waals surface area contributed by atoms with Gasteiger partial charge in [-0.2, -0.15) is 11.8 Å². The molecule has 0 bridgehead atoms. The van der Waals surface area contributed by atoms with Crippen molar-refractivity contribution in [2.75, 3.05) is 32.1 Å². The molecule has 0 unspecified atom stereocenters. The van der Waals surface area contributed by atoms with Crippen LogP contribution in [-0.2, 0) is 6.42 Å². The van der Waals surface area contributed by atoms with Crippen molar-refractivity contribution < 1.29 is 0 Å². The summed E-state index contributed by atoms with van der Waals surface area (Å²) < 4.78 is 2.03. The van der Waals surface area contributed by atoms with Gasteiger partial charge in [0, 0.05) is 38.5 Å². The SMILES string of the molecule is CN=C(NCCCc1nnc2ccccn12)NCCSC. The Morgan fingerprint density at radius 2 is 2.14 bits per heavy atom. The normalized spacial score (nSPS) is 11.8. The summed E-state index contributed by atoms with van der Waals surface area (Å²) >= 11 is 1.82. The first-order chi connectivity index (χ1) is 10.3. The van der Waals surface area contributed by atoms with Crippen LogP contribution in [0.4, 0.5) is 0 Å². The molecule has 0 aliphatic rings. The minimum Gasteiger partial charge on any atom is -0.356 e. The fourth-order valence-electron chi connectivity index (χ4n) is 2.01. The Morgan fingerprint density at radius 3 is 2.95 bits per heavy atom. The second-order valence-corrected chi connectivity index (χ2v) is 5.55. The average Bonchev–Trinajstić information content (AvgIpc) is 2.93. The number of hydrogen-bond donors (Lipinski definition) is 2. The number of aliphatic imine (C=N–C) groups is 1. The number of thioether (sulfide) groups is 1. The van der Waals surface area contributed by atoms with Gasteiger partial charge in [0.05, 0.1) is 0 Å². The van der Waals surface area contributed by atoms with E-state index in [4.69, 9.17) is 0 Å².